The van der Waals surface area contributed by atoms with E-state index >= 15 is 0 Å². The van der Waals surface area contributed by atoms with Crippen LogP contribution < -0.4 is 61.1 Å². The van der Waals surface area contributed by atoms with Gasteiger partial charge in [0.15, 0.2) is 0 Å². The Bertz CT molecular complexity index is 1920. The molecule has 3 aliphatic heterocycles. The summed E-state index contributed by atoms with van der Waals surface area (Å²) in [7, 11) is -0.316. The second-order valence-corrected chi connectivity index (χ2v) is 24.6. The van der Waals surface area contributed by atoms with E-state index < -0.39 is 5.60 Å². The Labute approximate surface area is 408 Å². The third kappa shape index (κ3) is 13.9. The summed E-state index contributed by atoms with van der Waals surface area (Å²) in [6, 6.07) is 44.8. The zero-order valence-corrected chi connectivity index (χ0v) is 43.2. The second kappa shape index (κ2) is 22.0. The smallest absolute Gasteiger partial charge is 0.850 e. The number of rotatable bonds is 8. The number of hydrogen-bond acceptors (Lipinski definition) is 3. The minimum absolute atomic E-state index is 0. The van der Waals surface area contributed by atoms with E-state index in [9.17, 15) is 5.11 Å². The van der Waals surface area contributed by atoms with Gasteiger partial charge in [-0.1, -0.05) is 150 Å². The van der Waals surface area contributed by atoms with Crippen molar-refractivity contribution in [2.45, 2.75) is 134 Å². The predicted octanol–water partition coefficient (Wildman–Crippen LogP) is 9.94. The van der Waals surface area contributed by atoms with Crippen LogP contribution in [0.3, 0.4) is 0 Å². The van der Waals surface area contributed by atoms with Crippen molar-refractivity contribution in [2.24, 2.45) is 0 Å². The van der Waals surface area contributed by atoms with Crippen molar-refractivity contribution in [3.63, 3.8) is 0 Å². The summed E-state index contributed by atoms with van der Waals surface area (Å²) in [5.74, 6) is 0. The third-order valence-corrected chi connectivity index (χ3v) is 18.3. The zero-order chi connectivity index (χ0) is 42.2. The fourth-order valence-corrected chi connectivity index (χ4v) is 15.5. The molecule has 4 heterocycles. The molecular weight excluding hydrogens is 798 g/mol. The van der Waals surface area contributed by atoms with Crippen LogP contribution in [-0.4, -0.2) is 38.5 Å². The topological polar surface area (TPSA) is 38.4 Å². The van der Waals surface area contributed by atoms with Gasteiger partial charge in [0.2, 0.25) is 6.33 Å². The Morgan fingerprint density at radius 2 is 0.917 bits per heavy atom. The molecule has 8 heteroatoms. The largest absolute Gasteiger partial charge is 1.00 e. The van der Waals surface area contributed by atoms with Gasteiger partial charge in [0, 0.05) is 46.9 Å². The molecule has 4 aromatic carbocycles. The average molecular weight is 868 g/mol. The molecule has 60 heavy (non-hydrogen) atoms. The van der Waals surface area contributed by atoms with Crippen LogP contribution in [0.5, 0.6) is 0 Å². The Morgan fingerprint density at radius 1 is 0.550 bits per heavy atom. The van der Waals surface area contributed by atoms with E-state index in [4.69, 9.17) is 0 Å². The number of nitrogens with zero attached hydrogens (tertiary/aromatic N) is 4. The molecule has 0 spiro atoms. The van der Waals surface area contributed by atoms with Crippen molar-refractivity contribution >= 4 is 15.8 Å². The summed E-state index contributed by atoms with van der Waals surface area (Å²) in [4.78, 5) is 5.00. The van der Waals surface area contributed by atoms with Crippen molar-refractivity contribution < 1.29 is 61.1 Å². The maximum Gasteiger partial charge on any atom is 1.00 e. The van der Waals surface area contributed by atoms with Crippen LogP contribution in [0.25, 0.3) is 0 Å². The van der Waals surface area contributed by atoms with Crippen LogP contribution in [0.15, 0.2) is 152 Å². The molecule has 3 aliphatic rings. The van der Waals surface area contributed by atoms with Gasteiger partial charge in [0.05, 0.1) is 6.67 Å². The summed E-state index contributed by atoms with van der Waals surface area (Å²) in [6.07, 6.45) is 18.9. The van der Waals surface area contributed by atoms with Crippen LogP contribution in [0, 0.1) is 0 Å². The Hall–Kier alpha value is -2.11. The third-order valence-electron chi connectivity index (χ3n) is 11.6. The molecule has 0 saturated carbocycles. The van der Waals surface area contributed by atoms with Crippen LogP contribution >= 0.6 is 15.8 Å². The fourth-order valence-electron chi connectivity index (χ4n) is 8.52. The van der Waals surface area contributed by atoms with Gasteiger partial charge in [-0.15, -0.1) is 5.60 Å². The Balaban J connectivity index is 0.000000202. The molecule has 2 saturated heterocycles. The standard InChI is InChI=1S/C24H31N2P.C24H30N2P.C4H9O.K/c2*1-24(2,3)26-17-16-25(18-26)19-27-22(20-10-6-4-7-11-20)14-15-23(27)21-12-8-5-9-13-21;1-4(2,3)5;/h4-13,16-17,22-23H,14-15,18-19H2,1-3H3;4-13,16-18,22-23H,14-15,19H2,1-3H3;1-3H3;/q;+1;-1;+1/t2*22-,23-;;/m00../s1. The van der Waals surface area contributed by atoms with Gasteiger partial charge in [-0.2, -0.15) is 0 Å². The quantitative estimate of drug-likeness (QED) is 0.0886. The van der Waals surface area contributed by atoms with Crippen molar-refractivity contribution in [3.8, 4) is 0 Å². The molecular formula is C52H70KN4OP2+. The summed E-state index contributed by atoms with van der Waals surface area (Å²) >= 11 is 0. The molecule has 0 amide bonds. The van der Waals surface area contributed by atoms with Crippen molar-refractivity contribution in [2.75, 3.05) is 13.0 Å². The maximum atomic E-state index is 10.1. The summed E-state index contributed by atoms with van der Waals surface area (Å²) in [5, 5.41) is 10.1. The van der Waals surface area contributed by atoms with Crippen molar-refractivity contribution in [1.29, 1.82) is 0 Å². The minimum atomic E-state index is -0.750. The minimum Gasteiger partial charge on any atom is -0.850 e. The molecule has 2 fully saturated rings. The normalized spacial score (nSPS) is 20.9. The monoisotopic (exact) mass is 867 g/mol. The SMILES string of the molecule is CC(C)(C)N1C=CN(CP2[C@H](c3ccccc3)CC[C@H]2c2ccccc2)C1.CC(C)(C)[O-].CC(C)(C)n1cc[n+](CP2[C@H](c3ccccc3)CC[C@H]2c2ccccc2)c1.[K+]. The van der Waals surface area contributed by atoms with E-state index in [0.717, 1.165) is 13.0 Å². The van der Waals surface area contributed by atoms with Gasteiger partial charge in [-0.3, -0.25) is 0 Å². The Morgan fingerprint density at radius 3 is 1.23 bits per heavy atom. The summed E-state index contributed by atoms with van der Waals surface area (Å²) in [6.45, 7) is 19.6. The number of benzene rings is 4. The molecule has 8 rings (SSSR count). The molecule has 0 unspecified atom stereocenters. The molecule has 5 nitrogen and oxygen atoms in total. The number of imidazole rings is 1. The number of hydrogen-bond donors (Lipinski definition) is 0. The van der Waals surface area contributed by atoms with Crippen molar-refractivity contribution in [3.05, 3.63) is 175 Å². The van der Waals surface area contributed by atoms with E-state index in [-0.39, 0.29) is 78.3 Å². The fraction of sp³-hybridized carbons (Fsp3) is 0.442. The van der Waals surface area contributed by atoms with E-state index in [1.807, 2.05) is 0 Å². The Kier molecular flexibility index (Phi) is 17.9. The maximum absolute atomic E-state index is 10.1. The molecule has 0 aliphatic carbocycles. The first-order valence-corrected chi connectivity index (χ1v) is 25.1. The first-order valence-electron chi connectivity index (χ1n) is 21.7. The van der Waals surface area contributed by atoms with Gasteiger partial charge in [-0.05, 0) is 97.4 Å². The van der Waals surface area contributed by atoms with E-state index in [1.54, 1.807) is 20.8 Å². The number of aromatic nitrogens is 2. The molecule has 4 atom stereocenters. The van der Waals surface area contributed by atoms with Crippen LogP contribution in [0.2, 0.25) is 0 Å². The van der Waals surface area contributed by atoms with E-state index in [0.29, 0.717) is 22.6 Å². The first kappa shape index (κ1) is 48.9. The second-order valence-electron chi connectivity index (χ2n) is 19.5. The summed E-state index contributed by atoms with van der Waals surface area (Å²) < 4.78 is 4.75. The molecule has 1 aromatic heterocycles. The van der Waals surface area contributed by atoms with Gasteiger partial charge >= 0.3 is 51.4 Å². The first-order chi connectivity index (χ1) is 28.0. The van der Waals surface area contributed by atoms with Gasteiger partial charge in [-0.25, -0.2) is 9.13 Å². The molecule has 0 N–H and O–H groups in total. The zero-order valence-electron chi connectivity index (χ0n) is 38.3. The molecule has 0 radical (unpaired) electrons. The molecule has 5 aromatic rings. The predicted molar refractivity (Wildman–Crippen MR) is 251 cm³/mol. The molecule has 0 bridgehead atoms. The average Bonchev–Trinajstić information content (AvgIpc) is 4.03. The summed E-state index contributed by atoms with van der Waals surface area (Å²) in [5.41, 5.74) is 8.50. The van der Waals surface area contributed by atoms with E-state index in [2.05, 4.69) is 213 Å². The van der Waals surface area contributed by atoms with E-state index in [1.165, 1.54) is 54.2 Å². The van der Waals surface area contributed by atoms with Crippen LogP contribution in [0.4, 0.5) is 0 Å². The van der Waals surface area contributed by atoms with Gasteiger partial charge in [0.25, 0.3) is 0 Å². The molecule has 314 valence electrons. The van der Waals surface area contributed by atoms with Gasteiger partial charge < -0.3 is 14.9 Å². The van der Waals surface area contributed by atoms with Crippen molar-refractivity contribution in [1.82, 2.24) is 14.4 Å². The van der Waals surface area contributed by atoms with Crippen LogP contribution in [-0.2, 0) is 11.8 Å². The van der Waals surface area contributed by atoms with Crippen LogP contribution in [0.1, 0.15) is 133 Å². The van der Waals surface area contributed by atoms with Gasteiger partial charge in [0.1, 0.15) is 24.2 Å².